The molecule has 1 fully saturated rings. The fourth-order valence-corrected chi connectivity index (χ4v) is 4.96. The summed E-state index contributed by atoms with van der Waals surface area (Å²) in [6, 6.07) is 5.70. The SMILES string of the molecule is C[C@H](N=C1NS(=O)(=O)c2ccccc21)C(=O)OCC(=O)N1[C@H](C)CCC[C@@H]1C. The zero-order valence-electron chi connectivity index (χ0n) is 16.2. The van der Waals surface area contributed by atoms with Gasteiger partial charge in [0.05, 0.1) is 4.90 Å². The molecule has 0 aliphatic carbocycles. The number of sulfonamides is 1. The average Bonchev–Trinajstić information content (AvgIpc) is 2.90. The Morgan fingerprint density at radius 2 is 1.89 bits per heavy atom. The number of amidine groups is 1. The summed E-state index contributed by atoms with van der Waals surface area (Å²) in [5.74, 6) is -0.800. The molecule has 9 heteroatoms. The largest absolute Gasteiger partial charge is 0.454 e. The molecule has 0 unspecified atom stereocenters. The van der Waals surface area contributed by atoms with Gasteiger partial charge in [-0.25, -0.2) is 13.2 Å². The second kappa shape index (κ2) is 7.90. The van der Waals surface area contributed by atoms with Crippen LogP contribution in [0.2, 0.25) is 0 Å². The molecular formula is C19H25N3O5S. The molecule has 1 N–H and O–H groups in total. The van der Waals surface area contributed by atoms with E-state index in [0.717, 1.165) is 19.3 Å². The first-order chi connectivity index (χ1) is 13.2. The van der Waals surface area contributed by atoms with Crippen LogP contribution in [0.15, 0.2) is 34.2 Å². The van der Waals surface area contributed by atoms with Crippen molar-refractivity contribution in [3.63, 3.8) is 0 Å². The smallest absolute Gasteiger partial charge is 0.331 e. The van der Waals surface area contributed by atoms with Gasteiger partial charge in [0.25, 0.3) is 15.9 Å². The summed E-state index contributed by atoms with van der Waals surface area (Å²) in [7, 11) is -3.67. The predicted molar refractivity (Wildman–Crippen MR) is 103 cm³/mol. The van der Waals surface area contributed by atoms with Crippen LogP contribution in [-0.2, 0) is 24.3 Å². The van der Waals surface area contributed by atoms with Crippen LogP contribution in [0.5, 0.6) is 0 Å². The average molecular weight is 407 g/mol. The van der Waals surface area contributed by atoms with E-state index in [1.807, 2.05) is 13.8 Å². The lowest BCUT2D eigenvalue weighted by atomic mass is 9.97. The van der Waals surface area contributed by atoms with Crippen LogP contribution in [0.4, 0.5) is 0 Å². The number of benzene rings is 1. The van der Waals surface area contributed by atoms with E-state index in [0.29, 0.717) is 5.56 Å². The molecule has 1 saturated heterocycles. The minimum atomic E-state index is -3.67. The molecule has 0 saturated carbocycles. The molecule has 152 valence electrons. The van der Waals surface area contributed by atoms with Gasteiger partial charge < -0.3 is 9.64 Å². The number of likely N-dealkylation sites (tertiary alicyclic amines) is 1. The number of carbonyl (C=O) groups excluding carboxylic acids is 2. The van der Waals surface area contributed by atoms with Crippen molar-refractivity contribution in [2.75, 3.05) is 6.61 Å². The van der Waals surface area contributed by atoms with Crippen molar-refractivity contribution in [3.8, 4) is 0 Å². The van der Waals surface area contributed by atoms with E-state index >= 15 is 0 Å². The van der Waals surface area contributed by atoms with Crippen molar-refractivity contribution in [2.24, 2.45) is 4.99 Å². The number of esters is 1. The van der Waals surface area contributed by atoms with Gasteiger partial charge in [0.1, 0.15) is 11.9 Å². The highest BCUT2D eigenvalue weighted by atomic mass is 32.2. The summed E-state index contributed by atoms with van der Waals surface area (Å²) in [5.41, 5.74) is 0.411. The Morgan fingerprint density at radius 1 is 1.25 bits per heavy atom. The number of piperidine rings is 1. The molecule has 1 aromatic rings. The van der Waals surface area contributed by atoms with Gasteiger partial charge >= 0.3 is 5.97 Å². The zero-order chi connectivity index (χ0) is 20.5. The maximum atomic E-state index is 12.5. The molecule has 1 aromatic carbocycles. The number of nitrogens with one attached hydrogen (secondary N) is 1. The second-order valence-corrected chi connectivity index (χ2v) is 8.94. The summed E-state index contributed by atoms with van der Waals surface area (Å²) in [5, 5.41) is 0. The molecule has 28 heavy (non-hydrogen) atoms. The lowest BCUT2D eigenvalue weighted by molar-refractivity contribution is -0.155. The van der Waals surface area contributed by atoms with Crippen molar-refractivity contribution < 1.29 is 22.7 Å². The monoisotopic (exact) mass is 407 g/mol. The van der Waals surface area contributed by atoms with Crippen LogP contribution in [0, 0.1) is 0 Å². The standard InChI is InChI=1S/C19H25N3O5S/c1-12-7-6-8-13(2)22(12)17(23)11-27-19(24)14(3)20-18-15-9-4-5-10-16(15)28(25,26)21-18/h4-5,9-10,12-14H,6-8,11H2,1-3H3,(H,20,21)/t12-,13+,14-/m0/s1. The number of fused-ring (bicyclic) bond motifs is 1. The van der Waals surface area contributed by atoms with Gasteiger partial charge in [-0.05, 0) is 52.2 Å². The number of ether oxygens (including phenoxy) is 1. The van der Waals surface area contributed by atoms with Gasteiger partial charge in [-0.3, -0.25) is 14.5 Å². The first-order valence-electron chi connectivity index (χ1n) is 9.38. The van der Waals surface area contributed by atoms with E-state index in [9.17, 15) is 18.0 Å². The molecule has 8 nitrogen and oxygen atoms in total. The lowest BCUT2D eigenvalue weighted by Gasteiger charge is -2.38. The first kappa shape index (κ1) is 20.3. The molecule has 0 aromatic heterocycles. The lowest BCUT2D eigenvalue weighted by Crippen LogP contribution is -2.49. The van der Waals surface area contributed by atoms with Crippen molar-refractivity contribution in [2.45, 2.75) is 63.1 Å². The maximum absolute atomic E-state index is 12.5. The summed E-state index contributed by atoms with van der Waals surface area (Å²) < 4.78 is 31.7. The minimum Gasteiger partial charge on any atom is -0.454 e. The normalized spacial score (nSPS) is 25.7. The summed E-state index contributed by atoms with van der Waals surface area (Å²) in [6.07, 6.45) is 2.96. The molecule has 1 amide bonds. The molecule has 2 aliphatic rings. The Labute approximate surface area is 165 Å². The summed E-state index contributed by atoms with van der Waals surface area (Å²) in [6.45, 7) is 5.15. The Balaban J connectivity index is 1.64. The number of hydrogen-bond acceptors (Lipinski definition) is 6. The van der Waals surface area contributed by atoms with E-state index in [4.69, 9.17) is 4.74 Å². The highest BCUT2D eigenvalue weighted by molar-refractivity contribution is 7.90. The van der Waals surface area contributed by atoms with Crippen LogP contribution in [0.3, 0.4) is 0 Å². The zero-order valence-corrected chi connectivity index (χ0v) is 17.0. The Hall–Kier alpha value is -2.42. The molecule has 2 heterocycles. The van der Waals surface area contributed by atoms with Gasteiger partial charge in [0.15, 0.2) is 6.61 Å². The van der Waals surface area contributed by atoms with E-state index in [-0.39, 0.29) is 35.3 Å². The second-order valence-electron chi connectivity index (χ2n) is 7.29. The van der Waals surface area contributed by atoms with Gasteiger partial charge in [-0.15, -0.1) is 0 Å². The van der Waals surface area contributed by atoms with Crippen LogP contribution in [0.1, 0.15) is 45.6 Å². The number of rotatable bonds is 4. The molecule has 0 radical (unpaired) electrons. The van der Waals surface area contributed by atoms with Gasteiger partial charge in [-0.1, -0.05) is 12.1 Å². The number of carbonyl (C=O) groups is 2. The number of amides is 1. The van der Waals surface area contributed by atoms with E-state index in [1.54, 1.807) is 23.1 Å². The molecule has 0 bridgehead atoms. The quantitative estimate of drug-likeness (QED) is 0.761. The third-order valence-electron chi connectivity index (χ3n) is 5.15. The summed E-state index contributed by atoms with van der Waals surface area (Å²) >= 11 is 0. The third kappa shape index (κ3) is 4.04. The fraction of sp³-hybridized carbons (Fsp3) is 0.526. The highest BCUT2D eigenvalue weighted by Gasteiger charge is 2.32. The third-order valence-corrected chi connectivity index (χ3v) is 6.54. The first-order valence-corrected chi connectivity index (χ1v) is 10.9. The molecular weight excluding hydrogens is 382 g/mol. The van der Waals surface area contributed by atoms with Crippen LogP contribution >= 0.6 is 0 Å². The van der Waals surface area contributed by atoms with Crippen molar-refractivity contribution in [3.05, 3.63) is 29.8 Å². The topological polar surface area (TPSA) is 105 Å². The minimum absolute atomic E-state index is 0.102. The van der Waals surface area contributed by atoms with E-state index in [1.165, 1.54) is 13.0 Å². The van der Waals surface area contributed by atoms with E-state index < -0.39 is 22.0 Å². The number of aliphatic imine (C=N–C) groups is 1. The van der Waals surface area contributed by atoms with Gasteiger partial charge in [-0.2, -0.15) is 0 Å². The van der Waals surface area contributed by atoms with Crippen molar-refractivity contribution in [1.29, 1.82) is 0 Å². The Morgan fingerprint density at radius 3 is 2.57 bits per heavy atom. The van der Waals surface area contributed by atoms with Crippen LogP contribution in [-0.4, -0.2) is 55.8 Å². The number of nitrogens with zero attached hydrogens (tertiary/aromatic N) is 2. The molecule has 2 aliphatic heterocycles. The molecule has 3 atom stereocenters. The van der Waals surface area contributed by atoms with Crippen LogP contribution < -0.4 is 4.72 Å². The van der Waals surface area contributed by atoms with Gasteiger partial charge in [0, 0.05) is 17.6 Å². The Kier molecular flexibility index (Phi) is 5.74. The van der Waals surface area contributed by atoms with Gasteiger partial charge in [0.2, 0.25) is 0 Å². The highest BCUT2D eigenvalue weighted by Crippen LogP contribution is 2.23. The maximum Gasteiger partial charge on any atom is 0.331 e. The van der Waals surface area contributed by atoms with Crippen LogP contribution in [0.25, 0.3) is 0 Å². The Bertz CT molecular complexity index is 902. The van der Waals surface area contributed by atoms with Crippen molar-refractivity contribution >= 4 is 27.7 Å². The predicted octanol–water partition coefficient (Wildman–Crippen LogP) is 1.45. The number of hydrogen-bond donors (Lipinski definition) is 1. The molecule has 3 rings (SSSR count). The fourth-order valence-electron chi connectivity index (χ4n) is 3.72. The summed E-state index contributed by atoms with van der Waals surface area (Å²) in [4.78, 5) is 30.8. The molecule has 0 spiro atoms. The van der Waals surface area contributed by atoms with E-state index in [2.05, 4.69) is 9.71 Å². The van der Waals surface area contributed by atoms with Crippen molar-refractivity contribution in [1.82, 2.24) is 9.62 Å².